The molecule has 0 fully saturated rings. The fraction of sp³-hybridized carbons (Fsp3) is 0.954. The van der Waals surface area contributed by atoms with Gasteiger partial charge in [-0.25, -0.2) is 9.13 Å². The van der Waals surface area contributed by atoms with Crippen LogP contribution < -0.4 is 0 Å². The van der Waals surface area contributed by atoms with Crippen LogP contribution in [0.5, 0.6) is 0 Å². The molecule has 0 amide bonds. The third kappa shape index (κ3) is 78.7. The van der Waals surface area contributed by atoms with Crippen LogP contribution in [0, 0.1) is 5.92 Å². The number of hydrogen-bond donors (Lipinski definition) is 3. The molecular formula is C87H170O17P2. The van der Waals surface area contributed by atoms with E-state index in [2.05, 4.69) is 34.6 Å². The van der Waals surface area contributed by atoms with Gasteiger partial charge in [-0.1, -0.05) is 420 Å². The smallest absolute Gasteiger partial charge is 0.462 e. The second-order valence-electron chi connectivity index (χ2n) is 31.5. The van der Waals surface area contributed by atoms with Crippen molar-refractivity contribution in [1.29, 1.82) is 0 Å². The van der Waals surface area contributed by atoms with Crippen LogP contribution in [0.1, 0.15) is 471 Å². The largest absolute Gasteiger partial charge is 0.472 e. The van der Waals surface area contributed by atoms with Gasteiger partial charge in [-0.15, -0.1) is 0 Å². The van der Waals surface area contributed by atoms with E-state index in [0.29, 0.717) is 25.7 Å². The maximum atomic E-state index is 13.1. The Hall–Kier alpha value is -1.94. The molecule has 0 radical (unpaired) electrons. The second kappa shape index (κ2) is 79.7. The van der Waals surface area contributed by atoms with Gasteiger partial charge in [-0.2, -0.15) is 0 Å². The van der Waals surface area contributed by atoms with Crippen molar-refractivity contribution in [3.8, 4) is 0 Å². The highest BCUT2D eigenvalue weighted by molar-refractivity contribution is 7.47. The summed E-state index contributed by atoms with van der Waals surface area (Å²) >= 11 is 0. The molecule has 0 aromatic heterocycles. The molecule has 106 heavy (non-hydrogen) atoms. The molecule has 6 atom stereocenters. The lowest BCUT2D eigenvalue weighted by Crippen LogP contribution is -2.30. The van der Waals surface area contributed by atoms with E-state index in [4.69, 9.17) is 37.0 Å². The number of carbonyl (C=O) groups is 4. The zero-order chi connectivity index (χ0) is 77.6. The first-order valence-electron chi connectivity index (χ1n) is 45.2. The van der Waals surface area contributed by atoms with E-state index in [-0.39, 0.29) is 25.7 Å². The van der Waals surface area contributed by atoms with Gasteiger partial charge in [-0.3, -0.25) is 37.3 Å². The highest BCUT2D eigenvalue weighted by Gasteiger charge is 2.30. The number of unbranched alkanes of at least 4 members (excludes halogenated alkanes) is 58. The number of hydrogen-bond acceptors (Lipinski definition) is 15. The first kappa shape index (κ1) is 104. The maximum absolute atomic E-state index is 13.1. The molecule has 0 saturated carbocycles. The molecule has 0 heterocycles. The zero-order valence-electron chi connectivity index (χ0n) is 69.6. The number of rotatable bonds is 87. The molecule has 0 rings (SSSR count). The third-order valence-electron chi connectivity index (χ3n) is 20.9. The summed E-state index contributed by atoms with van der Waals surface area (Å²) in [5, 5.41) is 10.6. The van der Waals surface area contributed by atoms with Crippen LogP contribution in [0.25, 0.3) is 0 Å². The fourth-order valence-corrected chi connectivity index (χ4v) is 15.2. The van der Waals surface area contributed by atoms with Crippen LogP contribution in [0.15, 0.2) is 0 Å². The van der Waals surface area contributed by atoms with E-state index in [1.54, 1.807) is 0 Å². The van der Waals surface area contributed by atoms with Crippen LogP contribution >= 0.6 is 15.6 Å². The third-order valence-corrected chi connectivity index (χ3v) is 22.8. The zero-order valence-corrected chi connectivity index (χ0v) is 71.4. The number of aliphatic hydroxyl groups is 1. The van der Waals surface area contributed by atoms with Crippen LogP contribution in [0.2, 0.25) is 0 Å². The van der Waals surface area contributed by atoms with Crippen molar-refractivity contribution in [2.24, 2.45) is 5.92 Å². The summed E-state index contributed by atoms with van der Waals surface area (Å²) in [6.07, 6.45) is 74.2. The van der Waals surface area contributed by atoms with Crippen molar-refractivity contribution in [2.75, 3.05) is 39.6 Å². The summed E-state index contributed by atoms with van der Waals surface area (Å²) in [4.78, 5) is 72.9. The van der Waals surface area contributed by atoms with Gasteiger partial charge in [0.1, 0.15) is 19.3 Å². The number of ether oxygens (including phenoxy) is 4. The van der Waals surface area contributed by atoms with Crippen LogP contribution in [0.4, 0.5) is 0 Å². The van der Waals surface area contributed by atoms with Crippen molar-refractivity contribution in [3.05, 3.63) is 0 Å². The Balaban J connectivity index is 5.09. The normalized spacial score (nSPS) is 14.0. The number of carbonyl (C=O) groups excluding carboxylic acids is 4. The van der Waals surface area contributed by atoms with E-state index in [0.717, 1.165) is 102 Å². The summed E-state index contributed by atoms with van der Waals surface area (Å²) in [5.41, 5.74) is 0. The van der Waals surface area contributed by atoms with Crippen molar-refractivity contribution in [1.82, 2.24) is 0 Å². The van der Waals surface area contributed by atoms with Gasteiger partial charge >= 0.3 is 39.5 Å². The molecule has 19 heteroatoms. The van der Waals surface area contributed by atoms with Crippen molar-refractivity contribution in [2.45, 2.75) is 490 Å². The Bertz CT molecular complexity index is 2020. The molecule has 0 aliphatic heterocycles. The van der Waals surface area contributed by atoms with E-state index >= 15 is 0 Å². The maximum Gasteiger partial charge on any atom is 0.472 e. The molecule has 0 saturated heterocycles. The molecule has 0 aliphatic carbocycles. The number of phosphoric acid groups is 2. The number of phosphoric ester groups is 2. The lowest BCUT2D eigenvalue weighted by molar-refractivity contribution is -0.161. The first-order chi connectivity index (χ1) is 51.6. The Labute approximate surface area is 651 Å². The average Bonchev–Trinajstić information content (AvgIpc) is 0.905. The average molecular weight is 1550 g/mol. The minimum Gasteiger partial charge on any atom is -0.462 e. The van der Waals surface area contributed by atoms with Crippen molar-refractivity contribution < 1.29 is 80.2 Å². The molecule has 0 aliphatic rings. The molecule has 3 N–H and O–H groups in total. The Morgan fingerprint density at radius 2 is 0.453 bits per heavy atom. The van der Waals surface area contributed by atoms with Gasteiger partial charge in [0.05, 0.1) is 26.4 Å². The number of aliphatic hydroxyl groups excluding tert-OH is 1. The fourth-order valence-electron chi connectivity index (χ4n) is 13.6. The minimum absolute atomic E-state index is 0.107. The summed E-state index contributed by atoms with van der Waals surface area (Å²) in [5.74, 6) is -1.27. The van der Waals surface area contributed by atoms with Gasteiger partial charge in [0, 0.05) is 25.7 Å². The topological polar surface area (TPSA) is 237 Å². The molecule has 17 nitrogen and oxygen atoms in total. The van der Waals surface area contributed by atoms with Gasteiger partial charge in [0.2, 0.25) is 0 Å². The summed E-state index contributed by atoms with van der Waals surface area (Å²) in [7, 11) is -9.92. The molecule has 0 aromatic carbocycles. The van der Waals surface area contributed by atoms with Crippen LogP contribution in [0.3, 0.4) is 0 Å². The highest BCUT2D eigenvalue weighted by Crippen LogP contribution is 2.45. The Morgan fingerprint density at radius 3 is 0.670 bits per heavy atom. The van der Waals surface area contributed by atoms with Crippen LogP contribution in [-0.4, -0.2) is 96.7 Å². The van der Waals surface area contributed by atoms with Gasteiger partial charge in [-0.05, 0) is 31.6 Å². The summed E-state index contributed by atoms with van der Waals surface area (Å²) in [6, 6.07) is 0. The van der Waals surface area contributed by atoms with E-state index in [9.17, 15) is 43.2 Å². The molecule has 3 unspecified atom stereocenters. The monoisotopic (exact) mass is 1550 g/mol. The molecular weight excluding hydrogens is 1380 g/mol. The standard InChI is InChI=1S/C87H170O17P2/c1-6-10-13-16-18-20-22-24-26-28-30-32-34-36-38-40-45-49-53-57-62-68-73-87(92)104-83(77-98-85(90)71-66-61-56-52-48-44-39-37-35-33-31-29-27-25-23-21-19-17-14-11-7-2)79-102-106(95,96)100-75-81(88)74-99-105(93,94)101-78-82(76-97-84(89)70-65-59-15-12-8-3)103-86(91)72-67-63-58-54-50-46-42-41-43-47-51-55-60-64-69-80(5)9-4/h80-83,88H,6-79H2,1-5H3,(H,93,94)(H,95,96)/t80?,81-,82+,83+/m0/s1. The Morgan fingerprint density at radius 1 is 0.264 bits per heavy atom. The van der Waals surface area contributed by atoms with E-state index < -0.39 is 97.5 Å². The predicted octanol–water partition coefficient (Wildman–Crippen LogP) is 26.8. The Kier molecular flexibility index (Phi) is 78.2. The second-order valence-corrected chi connectivity index (χ2v) is 34.4. The van der Waals surface area contributed by atoms with Gasteiger partial charge in [0.25, 0.3) is 0 Å². The molecule has 0 spiro atoms. The predicted molar refractivity (Wildman–Crippen MR) is 437 cm³/mol. The van der Waals surface area contributed by atoms with E-state index in [1.807, 2.05) is 0 Å². The van der Waals surface area contributed by atoms with Gasteiger partial charge in [0.15, 0.2) is 12.2 Å². The quantitative estimate of drug-likeness (QED) is 0.0222. The summed E-state index contributed by atoms with van der Waals surface area (Å²) in [6.45, 7) is 7.32. The lowest BCUT2D eigenvalue weighted by Gasteiger charge is -2.21. The molecule has 0 bridgehead atoms. The molecule has 630 valence electrons. The minimum atomic E-state index is -4.96. The lowest BCUT2D eigenvalue weighted by atomic mass is 9.99. The van der Waals surface area contributed by atoms with Crippen molar-refractivity contribution >= 4 is 39.5 Å². The van der Waals surface area contributed by atoms with E-state index in [1.165, 1.54) is 289 Å². The first-order valence-corrected chi connectivity index (χ1v) is 48.2. The van der Waals surface area contributed by atoms with Crippen LogP contribution in [-0.2, 0) is 65.4 Å². The molecule has 0 aromatic rings. The summed E-state index contributed by atoms with van der Waals surface area (Å²) < 4.78 is 68.7. The van der Waals surface area contributed by atoms with Gasteiger partial charge < -0.3 is 33.8 Å². The SMILES string of the molecule is CCCCCCCCCCCCCCCCCCCCCCCCC(=O)O[C@H](COC(=O)CCCCCCCCCCCCCCCCCCCCCCC)COP(=O)(O)OC[C@@H](O)COP(=O)(O)OC[C@@H](COC(=O)CCCCCCC)OC(=O)CCCCCCCCCCCCCCCCC(C)CC. The highest BCUT2D eigenvalue weighted by atomic mass is 31.2. The number of esters is 4. The van der Waals surface area contributed by atoms with Crippen molar-refractivity contribution in [3.63, 3.8) is 0 Å².